The lowest BCUT2D eigenvalue weighted by Crippen LogP contribution is -2.47. The van der Waals surface area contributed by atoms with Crippen molar-refractivity contribution in [3.8, 4) is 11.5 Å². The Hall–Kier alpha value is -2.81. The van der Waals surface area contributed by atoms with Gasteiger partial charge >= 0.3 is 0 Å². The van der Waals surface area contributed by atoms with Crippen LogP contribution in [0.2, 0.25) is 0 Å². The molecule has 9 heteroatoms. The molecule has 1 atom stereocenters. The van der Waals surface area contributed by atoms with Crippen molar-refractivity contribution in [2.24, 2.45) is 5.73 Å². The van der Waals surface area contributed by atoms with Crippen LogP contribution in [0.1, 0.15) is 6.42 Å². The first kappa shape index (κ1) is 19.5. The molecule has 1 heterocycles. The third kappa shape index (κ3) is 4.23. The second-order valence-electron chi connectivity index (χ2n) is 5.85. The van der Waals surface area contributed by atoms with E-state index in [-0.39, 0.29) is 24.9 Å². The van der Waals surface area contributed by atoms with Gasteiger partial charge in [-0.15, -0.1) is 0 Å². The van der Waals surface area contributed by atoms with E-state index in [9.17, 15) is 14.4 Å². The van der Waals surface area contributed by atoms with Crippen molar-refractivity contribution in [2.45, 2.75) is 12.5 Å². The van der Waals surface area contributed by atoms with Crippen LogP contribution in [0.4, 0.5) is 5.69 Å². The van der Waals surface area contributed by atoms with E-state index in [0.29, 0.717) is 30.2 Å². The molecule has 3 amide bonds. The molecule has 1 aromatic rings. The largest absolute Gasteiger partial charge is 0.497 e. The number of amides is 3. The number of rotatable bonds is 7. The number of hydrogen-bond donors (Lipinski definition) is 2. The van der Waals surface area contributed by atoms with Crippen LogP contribution in [0.25, 0.3) is 0 Å². The van der Waals surface area contributed by atoms with Crippen LogP contribution in [0.3, 0.4) is 0 Å². The first-order valence-corrected chi connectivity index (χ1v) is 8.18. The number of carbonyl (C=O) groups is 3. The van der Waals surface area contributed by atoms with E-state index in [1.807, 2.05) is 0 Å². The zero-order valence-electron chi connectivity index (χ0n) is 15.2. The van der Waals surface area contributed by atoms with E-state index in [2.05, 4.69) is 5.32 Å². The highest BCUT2D eigenvalue weighted by Crippen LogP contribution is 2.31. The number of benzene rings is 1. The molecule has 3 N–H and O–H groups in total. The first-order chi connectivity index (χ1) is 12.4. The van der Waals surface area contributed by atoms with Crippen molar-refractivity contribution in [2.75, 3.05) is 45.8 Å². The second kappa shape index (κ2) is 8.52. The maximum absolute atomic E-state index is 12.8. The highest BCUT2D eigenvalue weighted by molar-refractivity contribution is 6.01. The van der Waals surface area contributed by atoms with Crippen molar-refractivity contribution in [3.05, 3.63) is 18.2 Å². The number of ether oxygens (including phenoxy) is 2. The molecular weight excluding hydrogens is 340 g/mol. The molecule has 26 heavy (non-hydrogen) atoms. The zero-order valence-corrected chi connectivity index (χ0v) is 15.2. The molecule has 0 aromatic heterocycles. The molecule has 142 valence electrons. The second-order valence-corrected chi connectivity index (χ2v) is 5.85. The zero-order chi connectivity index (χ0) is 19.3. The number of nitrogens with zero attached hydrogens (tertiary/aromatic N) is 2. The van der Waals surface area contributed by atoms with Crippen molar-refractivity contribution < 1.29 is 23.9 Å². The molecule has 0 bridgehead atoms. The smallest absolute Gasteiger partial charge is 0.249 e. The van der Waals surface area contributed by atoms with Gasteiger partial charge in [0.1, 0.15) is 17.5 Å². The summed E-state index contributed by atoms with van der Waals surface area (Å²) in [7, 11) is 4.62. The molecule has 2 rings (SSSR count). The van der Waals surface area contributed by atoms with Crippen LogP contribution in [0.5, 0.6) is 11.5 Å². The van der Waals surface area contributed by atoms with Gasteiger partial charge in [0.15, 0.2) is 0 Å². The molecule has 1 fully saturated rings. The van der Waals surface area contributed by atoms with E-state index >= 15 is 0 Å². The third-order valence-electron chi connectivity index (χ3n) is 4.31. The summed E-state index contributed by atoms with van der Waals surface area (Å²) in [4.78, 5) is 39.1. The third-order valence-corrected chi connectivity index (χ3v) is 4.31. The van der Waals surface area contributed by atoms with E-state index in [1.165, 1.54) is 19.1 Å². The van der Waals surface area contributed by atoms with Gasteiger partial charge in [-0.1, -0.05) is 0 Å². The van der Waals surface area contributed by atoms with Gasteiger partial charge in [0.05, 0.1) is 33.0 Å². The molecule has 0 saturated carbocycles. The Bertz CT molecular complexity index is 671. The average molecular weight is 364 g/mol. The fourth-order valence-electron chi connectivity index (χ4n) is 2.77. The number of anilines is 1. The first-order valence-electron chi connectivity index (χ1n) is 8.18. The molecule has 0 aliphatic carbocycles. The van der Waals surface area contributed by atoms with Gasteiger partial charge in [-0.2, -0.15) is 0 Å². The molecule has 1 aliphatic heterocycles. The maximum atomic E-state index is 12.8. The van der Waals surface area contributed by atoms with Crippen molar-refractivity contribution >= 4 is 23.4 Å². The molecule has 9 nitrogen and oxygen atoms in total. The average Bonchev–Trinajstić information content (AvgIpc) is 3.05. The molecular formula is C17H24N4O5. The lowest BCUT2D eigenvalue weighted by molar-refractivity contribution is -0.137. The molecule has 0 radical (unpaired) electrons. The lowest BCUT2D eigenvalue weighted by Gasteiger charge is -2.24. The Morgan fingerprint density at radius 1 is 1.27 bits per heavy atom. The highest BCUT2D eigenvalue weighted by Gasteiger charge is 2.37. The molecule has 0 spiro atoms. The topological polar surface area (TPSA) is 114 Å². The van der Waals surface area contributed by atoms with Crippen LogP contribution >= 0.6 is 0 Å². The van der Waals surface area contributed by atoms with Gasteiger partial charge in [0, 0.05) is 31.8 Å². The minimum atomic E-state index is -0.588. The van der Waals surface area contributed by atoms with Crippen molar-refractivity contribution in [1.82, 2.24) is 10.2 Å². The van der Waals surface area contributed by atoms with Crippen LogP contribution in [0, 0.1) is 0 Å². The molecule has 1 unspecified atom stereocenters. The summed E-state index contributed by atoms with van der Waals surface area (Å²) in [5.41, 5.74) is 5.83. The van der Waals surface area contributed by atoms with Crippen LogP contribution in [-0.2, 0) is 14.4 Å². The number of nitrogens with two attached hydrogens (primary N) is 1. The lowest BCUT2D eigenvalue weighted by atomic mass is 10.2. The molecule has 1 aliphatic rings. The van der Waals surface area contributed by atoms with E-state index < -0.39 is 11.9 Å². The van der Waals surface area contributed by atoms with Crippen LogP contribution < -0.4 is 25.4 Å². The summed E-state index contributed by atoms with van der Waals surface area (Å²) >= 11 is 0. The number of likely N-dealkylation sites (N-methyl/N-ethyl adjacent to an activating group) is 1. The minimum absolute atomic E-state index is 0.190. The maximum Gasteiger partial charge on any atom is 0.249 e. The Kier molecular flexibility index (Phi) is 6.40. The van der Waals surface area contributed by atoms with Gasteiger partial charge in [-0.3, -0.25) is 14.4 Å². The van der Waals surface area contributed by atoms with Crippen molar-refractivity contribution in [3.63, 3.8) is 0 Å². The number of carbonyl (C=O) groups excluding carboxylic acids is 3. The fraction of sp³-hybridized carbons (Fsp3) is 0.471. The Morgan fingerprint density at radius 3 is 2.42 bits per heavy atom. The Labute approximate surface area is 152 Å². The summed E-state index contributed by atoms with van der Waals surface area (Å²) < 4.78 is 10.5. The van der Waals surface area contributed by atoms with Crippen molar-refractivity contribution in [1.29, 1.82) is 0 Å². The number of methoxy groups -OCH3 is 2. The van der Waals surface area contributed by atoms with Gasteiger partial charge in [0.2, 0.25) is 17.7 Å². The highest BCUT2D eigenvalue weighted by atomic mass is 16.5. The predicted molar refractivity (Wildman–Crippen MR) is 95.1 cm³/mol. The van der Waals surface area contributed by atoms with E-state index in [0.717, 1.165) is 0 Å². The van der Waals surface area contributed by atoms with Crippen LogP contribution in [0.15, 0.2) is 18.2 Å². The SMILES string of the molecule is COc1cc(OC)cc(N2CCC(N(C)C(=O)CNC(=O)CN)C2=O)c1. The normalized spacial score (nSPS) is 16.4. The summed E-state index contributed by atoms with van der Waals surface area (Å²) in [5, 5.41) is 2.41. The van der Waals surface area contributed by atoms with E-state index in [1.54, 1.807) is 30.1 Å². The standard InChI is InChI=1S/C17H24N4O5/c1-20(16(23)10-19-15(22)9-18)14-4-5-21(17(14)24)11-6-12(25-2)8-13(7-11)26-3/h6-8,14H,4-5,9-10,18H2,1-3H3,(H,19,22). The summed E-state index contributed by atoms with van der Waals surface area (Å²) in [6, 6.07) is 4.62. The monoisotopic (exact) mass is 364 g/mol. The summed E-state index contributed by atoms with van der Waals surface area (Å²) in [6.45, 7) is 0.0840. The van der Waals surface area contributed by atoms with Crippen LogP contribution in [-0.4, -0.2) is 69.6 Å². The van der Waals surface area contributed by atoms with Gasteiger partial charge < -0.3 is 30.3 Å². The molecule has 1 saturated heterocycles. The fourth-order valence-corrected chi connectivity index (χ4v) is 2.77. The van der Waals surface area contributed by atoms with Gasteiger partial charge in [0.25, 0.3) is 0 Å². The predicted octanol–water partition coefficient (Wildman–Crippen LogP) is -0.658. The number of nitrogens with one attached hydrogen (secondary N) is 1. The van der Waals surface area contributed by atoms with Gasteiger partial charge in [-0.25, -0.2) is 0 Å². The minimum Gasteiger partial charge on any atom is -0.497 e. The van der Waals surface area contributed by atoms with E-state index in [4.69, 9.17) is 15.2 Å². The number of hydrogen-bond acceptors (Lipinski definition) is 6. The quantitative estimate of drug-likeness (QED) is 0.664. The Morgan fingerprint density at radius 2 is 1.88 bits per heavy atom. The summed E-state index contributed by atoms with van der Waals surface area (Å²) in [6.07, 6.45) is 0.492. The molecule has 1 aromatic carbocycles. The Balaban J connectivity index is 2.09. The summed E-state index contributed by atoms with van der Waals surface area (Å²) in [5.74, 6) is 0.181. The van der Waals surface area contributed by atoms with Gasteiger partial charge in [-0.05, 0) is 6.42 Å².